The van der Waals surface area contributed by atoms with Gasteiger partial charge in [-0.05, 0) is 55.3 Å². The first-order chi connectivity index (χ1) is 15.1. The van der Waals surface area contributed by atoms with Gasteiger partial charge >= 0.3 is 11.9 Å². The number of primary sulfonamides is 1. The van der Waals surface area contributed by atoms with Gasteiger partial charge in [-0.1, -0.05) is 0 Å². The number of benzene rings is 2. The number of ether oxygens (including phenoxy) is 3. The summed E-state index contributed by atoms with van der Waals surface area (Å²) in [6, 6.07) is 8.88. The second-order valence-electron chi connectivity index (χ2n) is 6.22. The summed E-state index contributed by atoms with van der Waals surface area (Å²) in [6.07, 6.45) is 0.710. The Kier molecular flexibility index (Phi) is 8.49. The molecule has 0 amide bonds. The molecule has 0 aromatic heterocycles. The molecule has 2 aromatic rings. The Labute approximate surface area is 183 Å². The maximum Gasteiger partial charge on any atom is 0.343 e. The van der Waals surface area contributed by atoms with Gasteiger partial charge in [0.2, 0.25) is 10.0 Å². The Hall–Kier alpha value is -3.71. The highest BCUT2D eigenvalue weighted by Gasteiger charge is 2.17. The molecule has 0 radical (unpaired) electrons. The molecule has 0 saturated heterocycles. The molecule has 2 rings (SSSR count). The summed E-state index contributed by atoms with van der Waals surface area (Å²) in [6.45, 7) is -0.0589. The zero-order valence-electron chi connectivity index (χ0n) is 16.9. The van der Waals surface area contributed by atoms with E-state index in [0.29, 0.717) is 12.8 Å². The standard InChI is InChI=1S/C19H20N2O10S/c1-28-17-12-14(18(22)29-10-2-3-11-30-21(24)25)6-9-16(17)31-19(23)13-4-7-15(8-5-13)32(20,26)27/h4-9,12H,2-3,10-11H2,1H3,(H2,20,26,27). The molecule has 0 aliphatic carbocycles. The van der Waals surface area contributed by atoms with Crippen LogP contribution in [0.5, 0.6) is 11.5 Å². The van der Waals surface area contributed by atoms with Crippen LogP contribution in [0.4, 0.5) is 0 Å². The Morgan fingerprint density at radius 2 is 1.59 bits per heavy atom. The molecular formula is C19H20N2O10S. The lowest BCUT2D eigenvalue weighted by atomic mass is 10.2. The van der Waals surface area contributed by atoms with Gasteiger partial charge in [0.25, 0.3) is 5.09 Å². The first-order valence-corrected chi connectivity index (χ1v) is 10.6. The molecule has 0 atom stereocenters. The van der Waals surface area contributed by atoms with Crippen LogP contribution in [0.15, 0.2) is 47.4 Å². The number of nitrogens with two attached hydrogens (primary N) is 1. The molecule has 2 aromatic carbocycles. The van der Waals surface area contributed by atoms with Crippen molar-refractivity contribution < 1.29 is 42.1 Å². The number of sulfonamides is 1. The van der Waals surface area contributed by atoms with Gasteiger partial charge < -0.3 is 19.0 Å². The second kappa shape index (κ2) is 11.1. The van der Waals surface area contributed by atoms with E-state index in [1.165, 1.54) is 49.6 Å². The fourth-order valence-electron chi connectivity index (χ4n) is 2.41. The van der Waals surface area contributed by atoms with Crippen LogP contribution in [0.25, 0.3) is 0 Å². The van der Waals surface area contributed by atoms with Crippen LogP contribution in [0.2, 0.25) is 0 Å². The van der Waals surface area contributed by atoms with E-state index in [2.05, 4.69) is 4.84 Å². The summed E-state index contributed by atoms with van der Waals surface area (Å²) < 4.78 is 38.1. The Balaban J connectivity index is 1.98. The van der Waals surface area contributed by atoms with Gasteiger partial charge in [-0.3, -0.25) is 0 Å². The molecule has 0 fully saturated rings. The number of esters is 2. The SMILES string of the molecule is COc1cc(C(=O)OCCCCO[N+](=O)[O-])ccc1OC(=O)c1ccc(S(N)(=O)=O)cc1. The maximum absolute atomic E-state index is 12.3. The van der Waals surface area contributed by atoms with Crippen LogP contribution in [-0.4, -0.2) is 45.8 Å². The van der Waals surface area contributed by atoms with Gasteiger partial charge in [0.1, 0.15) is 0 Å². The van der Waals surface area contributed by atoms with E-state index in [4.69, 9.17) is 19.3 Å². The Bertz CT molecular complexity index is 1080. The van der Waals surface area contributed by atoms with Gasteiger partial charge in [-0.25, -0.2) is 23.1 Å². The molecule has 0 heterocycles. The van der Waals surface area contributed by atoms with E-state index in [9.17, 15) is 28.1 Å². The largest absolute Gasteiger partial charge is 0.493 e. The summed E-state index contributed by atoms with van der Waals surface area (Å²) >= 11 is 0. The number of nitrogens with zero attached hydrogens (tertiary/aromatic N) is 1. The van der Waals surface area contributed by atoms with Crippen molar-refractivity contribution in [2.24, 2.45) is 5.14 Å². The summed E-state index contributed by atoms with van der Waals surface area (Å²) in [5.74, 6) is -1.32. The monoisotopic (exact) mass is 468 g/mol. The quantitative estimate of drug-likeness (QED) is 0.168. The summed E-state index contributed by atoms with van der Waals surface area (Å²) in [7, 11) is -2.57. The van der Waals surface area contributed by atoms with Crippen molar-refractivity contribution in [1.82, 2.24) is 0 Å². The van der Waals surface area contributed by atoms with Crippen molar-refractivity contribution in [3.8, 4) is 11.5 Å². The number of carbonyl (C=O) groups is 2. The first kappa shape index (κ1) is 24.6. The van der Waals surface area contributed by atoms with Crippen molar-refractivity contribution in [2.45, 2.75) is 17.7 Å². The Morgan fingerprint density at radius 3 is 2.19 bits per heavy atom. The third kappa shape index (κ3) is 7.21. The maximum atomic E-state index is 12.3. The lowest BCUT2D eigenvalue weighted by molar-refractivity contribution is -0.757. The van der Waals surface area contributed by atoms with Gasteiger partial charge in [-0.15, -0.1) is 10.1 Å². The fraction of sp³-hybridized carbons (Fsp3) is 0.263. The van der Waals surface area contributed by atoms with Crippen molar-refractivity contribution in [3.05, 3.63) is 63.7 Å². The minimum Gasteiger partial charge on any atom is -0.493 e. The molecule has 0 aliphatic rings. The first-order valence-electron chi connectivity index (χ1n) is 9.09. The van der Waals surface area contributed by atoms with Crippen LogP contribution in [0.3, 0.4) is 0 Å². The van der Waals surface area contributed by atoms with Crippen LogP contribution < -0.4 is 14.6 Å². The molecule has 172 valence electrons. The van der Waals surface area contributed by atoms with E-state index in [1.54, 1.807) is 0 Å². The molecule has 0 saturated carbocycles. The number of hydrogen-bond donors (Lipinski definition) is 1. The van der Waals surface area contributed by atoms with E-state index < -0.39 is 27.0 Å². The highest BCUT2D eigenvalue weighted by Crippen LogP contribution is 2.29. The van der Waals surface area contributed by atoms with Crippen LogP contribution in [0, 0.1) is 10.1 Å². The number of rotatable bonds is 11. The van der Waals surface area contributed by atoms with Crippen molar-refractivity contribution >= 4 is 22.0 Å². The third-order valence-electron chi connectivity index (χ3n) is 3.99. The lowest BCUT2D eigenvalue weighted by Crippen LogP contribution is -2.13. The van der Waals surface area contributed by atoms with Crippen LogP contribution >= 0.6 is 0 Å². The molecule has 12 nitrogen and oxygen atoms in total. The van der Waals surface area contributed by atoms with Gasteiger partial charge in [-0.2, -0.15) is 0 Å². The zero-order chi connectivity index (χ0) is 23.7. The van der Waals surface area contributed by atoms with Gasteiger partial charge in [0.05, 0.1) is 36.3 Å². The summed E-state index contributed by atoms with van der Waals surface area (Å²) in [5, 5.41) is 14.2. The minimum absolute atomic E-state index is 0.0292. The molecular weight excluding hydrogens is 448 g/mol. The highest BCUT2D eigenvalue weighted by atomic mass is 32.2. The number of methoxy groups -OCH3 is 1. The van der Waals surface area contributed by atoms with Gasteiger partial charge in [0.15, 0.2) is 11.5 Å². The molecule has 13 heteroatoms. The molecule has 0 bridgehead atoms. The molecule has 2 N–H and O–H groups in total. The smallest absolute Gasteiger partial charge is 0.343 e. The van der Waals surface area contributed by atoms with Crippen LogP contribution in [0.1, 0.15) is 33.6 Å². The fourth-order valence-corrected chi connectivity index (χ4v) is 2.93. The minimum atomic E-state index is -3.89. The molecule has 0 aliphatic heterocycles. The highest BCUT2D eigenvalue weighted by molar-refractivity contribution is 7.89. The van der Waals surface area contributed by atoms with E-state index in [-0.39, 0.29) is 40.7 Å². The lowest BCUT2D eigenvalue weighted by Gasteiger charge is -2.11. The molecule has 0 unspecified atom stereocenters. The molecule has 0 spiro atoms. The normalized spacial score (nSPS) is 10.8. The van der Waals surface area contributed by atoms with E-state index >= 15 is 0 Å². The summed E-state index contributed by atoms with van der Waals surface area (Å²) in [4.78, 5) is 38.5. The van der Waals surface area contributed by atoms with Crippen LogP contribution in [-0.2, 0) is 19.6 Å². The van der Waals surface area contributed by atoms with E-state index in [1.807, 2.05) is 0 Å². The van der Waals surface area contributed by atoms with Crippen molar-refractivity contribution in [3.63, 3.8) is 0 Å². The zero-order valence-corrected chi connectivity index (χ0v) is 17.7. The predicted octanol–water partition coefficient (Wildman–Crippen LogP) is 1.71. The average molecular weight is 468 g/mol. The number of hydrogen-bond acceptors (Lipinski definition) is 10. The number of carbonyl (C=O) groups excluding carboxylic acids is 2. The number of unbranched alkanes of at least 4 members (excludes halogenated alkanes) is 1. The van der Waals surface area contributed by atoms with E-state index in [0.717, 1.165) is 0 Å². The second-order valence-corrected chi connectivity index (χ2v) is 7.79. The van der Waals surface area contributed by atoms with Crippen molar-refractivity contribution in [2.75, 3.05) is 20.3 Å². The summed E-state index contributed by atoms with van der Waals surface area (Å²) in [5.41, 5.74) is 0.213. The molecule has 32 heavy (non-hydrogen) atoms. The van der Waals surface area contributed by atoms with Crippen molar-refractivity contribution in [1.29, 1.82) is 0 Å². The topological polar surface area (TPSA) is 174 Å². The van der Waals surface area contributed by atoms with Gasteiger partial charge in [0, 0.05) is 0 Å². The Morgan fingerprint density at radius 1 is 0.969 bits per heavy atom. The third-order valence-corrected chi connectivity index (χ3v) is 4.92. The average Bonchev–Trinajstić information content (AvgIpc) is 2.75. The predicted molar refractivity (Wildman–Crippen MR) is 108 cm³/mol.